The highest BCUT2D eigenvalue weighted by atomic mass is 15.3. The molecule has 0 amide bonds. The van der Waals surface area contributed by atoms with Crippen molar-refractivity contribution < 1.29 is 0 Å². The molecular weight excluding hydrogens is 174 g/mol. The van der Waals surface area contributed by atoms with E-state index in [1.807, 2.05) is 17.9 Å². The first kappa shape index (κ1) is 9.71. The number of hydrogen-bond donors (Lipinski definition) is 1. The second-order valence-electron chi connectivity index (χ2n) is 4.44. The predicted molar refractivity (Wildman–Crippen MR) is 57.0 cm³/mol. The van der Waals surface area contributed by atoms with Crippen LogP contribution in [0.2, 0.25) is 0 Å². The van der Waals surface area contributed by atoms with E-state index in [1.165, 1.54) is 31.4 Å². The standard InChI is InChI=1S/C11H19N3/c1-11(7-4-3-5-8-12-11)10-6-9-14(2)13-10/h6,9,12H,3-5,7-8H2,1-2H3. The van der Waals surface area contributed by atoms with Gasteiger partial charge in [-0.2, -0.15) is 5.10 Å². The van der Waals surface area contributed by atoms with Crippen molar-refractivity contribution in [2.45, 2.75) is 38.1 Å². The van der Waals surface area contributed by atoms with E-state index in [0.717, 1.165) is 6.54 Å². The molecule has 3 heteroatoms. The fraction of sp³-hybridized carbons (Fsp3) is 0.727. The zero-order chi connectivity index (χ0) is 10.0. The smallest absolute Gasteiger partial charge is 0.0822 e. The van der Waals surface area contributed by atoms with Crippen molar-refractivity contribution in [3.05, 3.63) is 18.0 Å². The average Bonchev–Trinajstić information content (AvgIpc) is 2.47. The van der Waals surface area contributed by atoms with Crippen LogP contribution in [0.4, 0.5) is 0 Å². The lowest BCUT2D eigenvalue weighted by Crippen LogP contribution is -2.39. The number of hydrogen-bond acceptors (Lipinski definition) is 2. The van der Waals surface area contributed by atoms with E-state index in [-0.39, 0.29) is 5.54 Å². The molecule has 0 spiro atoms. The average molecular weight is 193 g/mol. The van der Waals surface area contributed by atoms with Crippen molar-refractivity contribution in [1.29, 1.82) is 0 Å². The molecule has 1 saturated heterocycles. The van der Waals surface area contributed by atoms with Crippen LogP contribution in [0.3, 0.4) is 0 Å². The van der Waals surface area contributed by atoms with Crippen LogP contribution >= 0.6 is 0 Å². The van der Waals surface area contributed by atoms with Crippen LogP contribution < -0.4 is 5.32 Å². The Labute approximate surface area is 85.5 Å². The van der Waals surface area contributed by atoms with Gasteiger partial charge >= 0.3 is 0 Å². The summed E-state index contributed by atoms with van der Waals surface area (Å²) in [5.41, 5.74) is 1.28. The Morgan fingerprint density at radius 3 is 3.00 bits per heavy atom. The number of rotatable bonds is 1. The maximum atomic E-state index is 4.50. The van der Waals surface area contributed by atoms with Gasteiger partial charge in [0.2, 0.25) is 0 Å². The normalized spacial score (nSPS) is 28.7. The molecule has 14 heavy (non-hydrogen) atoms. The van der Waals surface area contributed by atoms with Gasteiger partial charge in [0, 0.05) is 13.2 Å². The van der Waals surface area contributed by atoms with Crippen LogP contribution in [0.5, 0.6) is 0 Å². The summed E-state index contributed by atoms with van der Waals surface area (Å²) in [7, 11) is 1.98. The monoisotopic (exact) mass is 193 g/mol. The molecule has 1 N–H and O–H groups in total. The fourth-order valence-electron chi connectivity index (χ4n) is 2.16. The van der Waals surface area contributed by atoms with Crippen LogP contribution in [0.25, 0.3) is 0 Å². The first-order chi connectivity index (χ1) is 6.71. The summed E-state index contributed by atoms with van der Waals surface area (Å²) in [6.45, 7) is 3.38. The second-order valence-corrected chi connectivity index (χ2v) is 4.44. The molecular formula is C11H19N3. The summed E-state index contributed by atoms with van der Waals surface area (Å²) in [6.07, 6.45) is 7.16. The summed E-state index contributed by atoms with van der Waals surface area (Å²) in [4.78, 5) is 0. The van der Waals surface area contributed by atoms with E-state index in [1.54, 1.807) is 0 Å². The minimum absolute atomic E-state index is 0.0950. The Morgan fingerprint density at radius 1 is 1.43 bits per heavy atom. The van der Waals surface area contributed by atoms with Gasteiger partial charge in [0.25, 0.3) is 0 Å². The summed E-state index contributed by atoms with van der Waals surface area (Å²) >= 11 is 0. The van der Waals surface area contributed by atoms with Crippen molar-refractivity contribution >= 4 is 0 Å². The Kier molecular flexibility index (Phi) is 2.59. The van der Waals surface area contributed by atoms with Gasteiger partial charge in [0.1, 0.15) is 0 Å². The summed E-state index contributed by atoms with van der Waals surface area (Å²) < 4.78 is 1.88. The Balaban J connectivity index is 2.20. The van der Waals surface area contributed by atoms with Crippen LogP contribution in [0.1, 0.15) is 38.3 Å². The third kappa shape index (κ3) is 1.82. The third-order valence-electron chi connectivity index (χ3n) is 3.15. The lowest BCUT2D eigenvalue weighted by Gasteiger charge is -2.27. The van der Waals surface area contributed by atoms with Gasteiger partial charge in [-0.15, -0.1) is 0 Å². The summed E-state index contributed by atoms with van der Waals surface area (Å²) in [5, 5.41) is 8.11. The van der Waals surface area contributed by atoms with E-state index < -0.39 is 0 Å². The topological polar surface area (TPSA) is 29.9 Å². The molecule has 0 radical (unpaired) electrons. The van der Waals surface area contributed by atoms with Gasteiger partial charge in [-0.25, -0.2) is 0 Å². The molecule has 3 nitrogen and oxygen atoms in total. The number of aromatic nitrogens is 2. The van der Waals surface area contributed by atoms with Crippen LogP contribution in [-0.4, -0.2) is 16.3 Å². The lowest BCUT2D eigenvalue weighted by molar-refractivity contribution is 0.346. The molecule has 0 aliphatic carbocycles. The molecule has 0 saturated carbocycles. The molecule has 2 heterocycles. The summed E-state index contributed by atoms with van der Waals surface area (Å²) in [5.74, 6) is 0. The van der Waals surface area contributed by atoms with Gasteiger partial charge in [0.15, 0.2) is 0 Å². The molecule has 0 bridgehead atoms. The minimum Gasteiger partial charge on any atom is -0.306 e. The van der Waals surface area contributed by atoms with E-state index in [4.69, 9.17) is 0 Å². The van der Waals surface area contributed by atoms with Gasteiger partial charge < -0.3 is 5.32 Å². The lowest BCUT2D eigenvalue weighted by atomic mass is 9.92. The Hall–Kier alpha value is -0.830. The maximum Gasteiger partial charge on any atom is 0.0822 e. The van der Waals surface area contributed by atoms with Crippen LogP contribution in [-0.2, 0) is 12.6 Å². The highest BCUT2D eigenvalue weighted by Crippen LogP contribution is 2.27. The minimum atomic E-state index is 0.0950. The van der Waals surface area contributed by atoms with Crippen molar-refractivity contribution in [1.82, 2.24) is 15.1 Å². The van der Waals surface area contributed by atoms with E-state index in [0.29, 0.717) is 0 Å². The molecule has 1 aromatic rings. The Bertz CT molecular complexity index is 295. The first-order valence-electron chi connectivity index (χ1n) is 5.46. The molecule has 78 valence electrons. The third-order valence-corrected chi connectivity index (χ3v) is 3.15. The predicted octanol–water partition coefficient (Wildman–Crippen LogP) is 1.80. The number of nitrogens with one attached hydrogen (secondary N) is 1. The molecule has 1 fully saturated rings. The molecule has 2 rings (SSSR count). The van der Waals surface area contributed by atoms with Crippen molar-refractivity contribution in [2.75, 3.05) is 6.54 Å². The fourth-order valence-corrected chi connectivity index (χ4v) is 2.16. The number of aryl methyl sites for hydroxylation is 1. The zero-order valence-electron chi connectivity index (χ0n) is 9.08. The van der Waals surface area contributed by atoms with Crippen molar-refractivity contribution in [3.63, 3.8) is 0 Å². The van der Waals surface area contributed by atoms with Crippen LogP contribution in [0, 0.1) is 0 Å². The van der Waals surface area contributed by atoms with Gasteiger partial charge in [-0.3, -0.25) is 4.68 Å². The van der Waals surface area contributed by atoms with E-state index in [2.05, 4.69) is 23.4 Å². The van der Waals surface area contributed by atoms with Crippen molar-refractivity contribution in [3.8, 4) is 0 Å². The van der Waals surface area contributed by atoms with Gasteiger partial charge in [0.05, 0.1) is 11.2 Å². The molecule has 1 unspecified atom stereocenters. The SMILES string of the molecule is Cn1ccc(C2(C)CCCCCN2)n1. The van der Waals surface area contributed by atoms with Crippen LogP contribution in [0.15, 0.2) is 12.3 Å². The van der Waals surface area contributed by atoms with E-state index >= 15 is 0 Å². The largest absolute Gasteiger partial charge is 0.306 e. The molecule has 1 atom stereocenters. The van der Waals surface area contributed by atoms with Gasteiger partial charge in [-0.1, -0.05) is 12.8 Å². The second kappa shape index (κ2) is 3.73. The Morgan fingerprint density at radius 2 is 2.29 bits per heavy atom. The maximum absolute atomic E-state index is 4.50. The molecule has 1 aromatic heterocycles. The number of nitrogens with zero attached hydrogens (tertiary/aromatic N) is 2. The molecule has 1 aliphatic rings. The molecule has 0 aromatic carbocycles. The highest BCUT2D eigenvalue weighted by molar-refractivity contribution is 5.12. The highest BCUT2D eigenvalue weighted by Gasteiger charge is 2.29. The van der Waals surface area contributed by atoms with Gasteiger partial charge in [-0.05, 0) is 32.4 Å². The zero-order valence-corrected chi connectivity index (χ0v) is 9.08. The van der Waals surface area contributed by atoms with Crippen molar-refractivity contribution in [2.24, 2.45) is 7.05 Å². The first-order valence-corrected chi connectivity index (χ1v) is 5.46. The van der Waals surface area contributed by atoms with E-state index in [9.17, 15) is 0 Å². The quantitative estimate of drug-likeness (QED) is 0.737. The molecule has 1 aliphatic heterocycles. The summed E-state index contributed by atoms with van der Waals surface area (Å²) in [6, 6.07) is 2.12.